The number of hydrogen-bond donors (Lipinski definition) is 0. The Morgan fingerprint density at radius 3 is 2.44 bits per heavy atom. The monoisotopic (exact) mass is 253 g/mol. The van der Waals surface area contributed by atoms with Crippen molar-refractivity contribution in [1.82, 2.24) is 4.90 Å². The van der Waals surface area contributed by atoms with E-state index < -0.39 is 0 Å². The maximum Gasteiger partial charge on any atom is 0.333 e. The summed E-state index contributed by atoms with van der Waals surface area (Å²) in [7, 11) is 5.59. The molecule has 0 aliphatic heterocycles. The van der Waals surface area contributed by atoms with Crippen LogP contribution in [0.1, 0.15) is 39.0 Å². The van der Waals surface area contributed by atoms with Gasteiger partial charge in [0.2, 0.25) is 0 Å². The van der Waals surface area contributed by atoms with Gasteiger partial charge in [0.1, 0.15) is 0 Å². The molecule has 0 spiro atoms. The van der Waals surface area contributed by atoms with Gasteiger partial charge in [-0.05, 0) is 53.2 Å². The number of carbonyl (C=O) groups excluding carboxylic acids is 1. The van der Waals surface area contributed by atoms with Gasteiger partial charge in [-0.3, -0.25) is 0 Å². The Hall–Kier alpha value is -1.09. The summed E-state index contributed by atoms with van der Waals surface area (Å²) in [6, 6.07) is 0. The molecule has 0 aliphatic carbocycles. The molecule has 0 saturated carbocycles. The first-order chi connectivity index (χ1) is 8.51. The van der Waals surface area contributed by atoms with Crippen LogP contribution in [0.2, 0.25) is 0 Å². The number of esters is 1. The van der Waals surface area contributed by atoms with Gasteiger partial charge in [-0.1, -0.05) is 24.6 Å². The molecular formula is C15H27NO2. The molecule has 0 aromatic rings. The normalized spacial score (nSPS) is 11.7. The van der Waals surface area contributed by atoms with Gasteiger partial charge < -0.3 is 9.64 Å². The van der Waals surface area contributed by atoms with Crippen LogP contribution in [0.15, 0.2) is 23.8 Å². The standard InChI is InChI=1S/C15H27NO2/c1-6-14(15(17)18-5)12-13(2)10-8-7-9-11-16(3)4/h6H,2,7-12H2,1,3-5H3/b14-6+. The lowest BCUT2D eigenvalue weighted by atomic mass is 10.0. The SMILES string of the molecule is C=C(CCCCCN(C)C)C/C(=C\C)C(=O)OC. The Kier molecular flexibility index (Phi) is 9.29. The number of methoxy groups -OCH3 is 1. The predicted molar refractivity (Wildman–Crippen MR) is 76.6 cm³/mol. The Labute approximate surface area is 112 Å². The Balaban J connectivity index is 3.80. The quantitative estimate of drug-likeness (QED) is 0.273. The first-order valence-electron chi connectivity index (χ1n) is 6.56. The second-order valence-electron chi connectivity index (χ2n) is 4.85. The van der Waals surface area contributed by atoms with E-state index in [1.54, 1.807) is 0 Å². The minimum atomic E-state index is -0.244. The summed E-state index contributed by atoms with van der Waals surface area (Å²) >= 11 is 0. The Morgan fingerprint density at radius 1 is 1.28 bits per heavy atom. The van der Waals surface area contributed by atoms with Crippen molar-refractivity contribution >= 4 is 5.97 Å². The van der Waals surface area contributed by atoms with Crippen molar-refractivity contribution in [2.45, 2.75) is 39.0 Å². The molecule has 0 heterocycles. The zero-order valence-corrected chi connectivity index (χ0v) is 12.3. The van der Waals surface area contributed by atoms with Crippen molar-refractivity contribution in [3.63, 3.8) is 0 Å². The lowest BCUT2D eigenvalue weighted by Crippen LogP contribution is -2.12. The van der Waals surface area contributed by atoms with Crippen LogP contribution in [0.4, 0.5) is 0 Å². The molecule has 0 radical (unpaired) electrons. The first kappa shape index (κ1) is 16.9. The molecule has 104 valence electrons. The summed E-state index contributed by atoms with van der Waals surface area (Å²) in [6.07, 6.45) is 7.00. The largest absolute Gasteiger partial charge is 0.466 e. The van der Waals surface area contributed by atoms with Crippen LogP contribution in [0.5, 0.6) is 0 Å². The highest BCUT2D eigenvalue weighted by Gasteiger charge is 2.09. The van der Waals surface area contributed by atoms with E-state index in [1.807, 2.05) is 13.0 Å². The van der Waals surface area contributed by atoms with E-state index in [2.05, 4.69) is 25.6 Å². The first-order valence-corrected chi connectivity index (χ1v) is 6.56. The molecule has 0 atom stereocenters. The van der Waals surface area contributed by atoms with Gasteiger partial charge in [-0.15, -0.1) is 0 Å². The smallest absolute Gasteiger partial charge is 0.333 e. The minimum Gasteiger partial charge on any atom is -0.466 e. The average Bonchev–Trinajstić information content (AvgIpc) is 2.34. The number of rotatable bonds is 9. The summed E-state index contributed by atoms with van der Waals surface area (Å²) in [5.74, 6) is -0.244. The van der Waals surface area contributed by atoms with Gasteiger partial charge in [-0.2, -0.15) is 0 Å². The lowest BCUT2D eigenvalue weighted by molar-refractivity contribution is -0.136. The van der Waals surface area contributed by atoms with Crippen LogP contribution in [-0.4, -0.2) is 38.6 Å². The molecule has 0 amide bonds. The number of allylic oxidation sites excluding steroid dienone is 2. The average molecular weight is 253 g/mol. The summed E-state index contributed by atoms with van der Waals surface area (Å²) in [5.41, 5.74) is 1.81. The minimum absolute atomic E-state index is 0.244. The van der Waals surface area contributed by atoms with Gasteiger partial charge in [0.25, 0.3) is 0 Å². The summed E-state index contributed by atoms with van der Waals surface area (Å²) < 4.78 is 4.72. The fraction of sp³-hybridized carbons (Fsp3) is 0.667. The predicted octanol–water partition coefficient (Wildman–Crippen LogP) is 3.17. The third-order valence-corrected chi connectivity index (χ3v) is 2.87. The molecule has 3 nitrogen and oxygen atoms in total. The molecule has 0 aliphatic rings. The fourth-order valence-corrected chi connectivity index (χ4v) is 1.76. The van der Waals surface area contributed by atoms with Crippen molar-refractivity contribution in [1.29, 1.82) is 0 Å². The molecule has 0 bridgehead atoms. The second kappa shape index (κ2) is 9.89. The highest BCUT2D eigenvalue weighted by molar-refractivity contribution is 5.88. The Bertz CT molecular complexity index is 293. The van der Waals surface area contributed by atoms with Gasteiger partial charge in [0, 0.05) is 5.57 Å². The molecule has 0 rings (SSSR count). The number of hydrogen-bond acceptors (Lipinski definition) is 3. The molecule has 0 unspecified atom stereocenters. The molecule has 0 aromatic carbocycles. The van der Waals surface area contributed by atoms with Gasteiger partial charge >= 0.3 is 5.97 Å². The van der Waals surface area contributed by atoms with E-state index >= 15 is 0 Å². The highest BCUT2D eigenvalue weighted by Crippen LogP contribution is 2.17. The summed E-state index contributed by atoms with van der Waals surface area (Å²) in [5, 5.41) is 0. The summed E-state index contributed by atoms with van der Waals surface area (Å²) in [6.45, 7) is 7.02. The zero-order chi connectivity index (χ0) is 14.0. The highest BCUT2D eigenvalue weighted by atomic mass is 16.5. The van der Waals surface area contributed by atoms with Gasteiger partial charge in [0.15, 0.2) is 0 Å². The van der Waals surface area contributed by atoms with E-state index in [4.69, 9.17) is 4.74 Å². The van der Waals surface area contributed by atoms with Crippen molar-refractivity contribution in [2.75, 3.05) is 27.7 Å². The number of ether oxygens (including phenoxy) is 1. The maximum atomic E-state index is 11.4. The molecule has 18 heavy (non-hydrogen) atoms. The van der Waals surface area contributed by atoms with Crippen LogP contribution in [-0.2, 0) is 9.53 Å². The van der Waals surface area contributed by atoms with Gasteiger partial charge in [-0.25, -0.2) is 4.79 Å². The van der Waals surface area contributed by atoms with Crippen molar-refractivity contribution in [2.24, 2.45) is 0 Å². The van der Waals surface area contributed by atoms with Crippen LogP contribution in [0.25, 0.3) is 0 Å². The maximum absolute atomic E-state index is 11.4. The third-order valence-electron chi connectivity index (χ3n) is 2.87. The van der Waals surface area contributed by atoms with Crippen LogP contribution in [0.3, 0.4) is 0 Å². The van der Waals surface area contributed by atoms with Crippen LogP contribution in [0, 0.1) is 0 Å². The van der Waals surface area contributed by atoms with E-state index in [9.17, 15) is 4.79 Å². The topological polar surface area (TPSA) is 29.5 Å². The van der Waals surface area contributed by atoms with Gasteiger partial charge in [0.05, 0.1) is 7.11 Å². The molecule has 0 aromatic heterocycles. The number of carbonyl (C=O) groups is 1. The third kappa shape index (κ3) is 8.07. The van der Waals surface area contributed by atoms with Crippen molar-refractivity contribution in [3.05, 3.63) is 23.8 Å². The summed E-state index contributed by atoms with van der Waals surface area (Å²) in [4.78, 5) is 13.6. The van der Waals surface area contributed by atoms with E-state index in [0.717, 1.165) is 25.0 Å². The number of unbranched alkanes of at least 4 members (excludes halogenated alkanes) is 2. The van der Waals surface area contributed by atoms with Crippen molar-refractivity contribution < 1.29 is 9.53 Å². The number of nitrogens with zero attached hydrogens (tertiary/aromatic N) is 1. The van der Waals surface area contributed by atoms with E-state index in [-0.39, 0.29) is 5.97 Å². The molecule has 0 saturated heterocycles. The van der Waals surface area contributed by atoms with E-state index in [0.29, 0.717) is 12.0 Å². The molecule has 0 N–H and O–H groups in total. The molecule has 0 fully saturated rings. The molecule has 3 heteroatoms. The van der Waals surface area contributed by atoms with Crippen molar-refractivity contribution in [3.8, 4) is 0 Å². The second-order valence-corrected chi connectivity index (χ2v) is 4.85. The zero-order valence-electron chi connectivity index (χ0n) is 12.3. The Morgan fingerprint density at radius 2 is 1.94 bits per heavy atom. The van der Waals surface area contributed by atoms with Crippen LogP contribution >= 0.6 is 0 Å². The fourth-order valence-electron chi connectivity index (χ4n) is 1.76. The van der Waals surface area contributed by atoms with Crippen LogP contribution < -0.4 is 0 Å². The lowest BCUT2D eigenvalue weighted by Gasteiger charge is -2.10. The van der Waals surface area contributed by atoms with E-state index in [1.165, 1.54) is 20.0 Å². The molecular weight excluding hydrogens is 226 g/mol.